The lowest BCUT2D eigenvalue weighted by atomic mass is 10.3. The van der Waals surface area contributed by atoms with Gasteiger partial charge in [-0.05, 0) is 18.6 Å². The molecule has 2 aromatic rings. The van der Waals surface area contributed by atoms with Gasteiger partial charge in [-0.15, -0.1) is 0 Å². The van der Waals surface area contributed by atoms with E-state index >= 15 is 0 Å². The zero-order chi connectivity index (χ0) is 10.8. The smallest absolute Gasteiger partial charge is 0.206 e. The van der Waals surface area contributed by atoms with Crippen LogP contribution in [0.15, 0.2) is 29.1 Å². The first-order chi connectivity index (χ1) is 7.22. The Morgan fingerprint density at radius 2 is 2.20 bits per heavy atom. The maximum absolute atomic E-state index is 11.5. The Balaban J connectivity index is 2.68. The van der Waals surface area contributed by atoms with Crippen LogP contribution >= 0.6 is 0 Å². The summed E-state index contributed by atoms with van der Waals surface area (Å²) >= 11 is 0. The maximum Gasteiger partial charge on any atom is 0.206 e. The standard InChI is InChI=1S/C11H12N2O2/c1-2-8(14)11-12-7-5-3-4-6-9(15)10(7)13-11/h3-6,8,14H,2H2,1H3,(H,12,13). The van der Waals surface area contributed by atoms with E-state index in [0.717, 1.165) is 0 Å². The molecule has 1 atom stereocenters. The van der Waals surface area contributed by atoms with Crippen LogP contribution in [0.1, 0.15) is 25.3 Å². The van der Waals surface area contributed by atoms with Gasteiger partial charge in [-0.1, -0.05) is 19.1 Å². The molecular weight excluding hydrogens is 192 g/mol. The minimum absolute atomic E-state index is 0.138. The van der Waals surface area contributed by atoms with Gasteiger partial charge in [-0.3, -0.25) is 4.79 Å². The van der Waals surface area contributed by atoms with Gasteiger partial charge in [0, 0.05) is 0 Å². The lowest BCUT2D eigenvalue weighted by Gasteiger charge is -2.00. The van der Waals surface area contributed by atoms with Crippen molar-refractivity contribution in [2.45, 2.75) is 19.4 Å². The number of aromatic nitrogens is 2. The average Bonchev–Trinajstić information content (AvgIpc) is 2.60. The van der Waals surface area contributed by atoms with Crippen LogP contribution in [0.5, 0.6) is 0 Å². The largest absolute Gasteiger partial charge is 0.385 e. The van der Waals surface area contributed by atoms with E-state index in [2.05, 4.69) is 9.97 Å². The Bertz CT molecular complexity index is 533. The zero-order valence-corrected chi connectivity index (χ0v) is 8.40. The van der Waals surface area contributed by atoms with Crippen LogP contribution < -0.4 is 5.43 Å². The molecule has 0 saturated heterocycles. The fourth-order valence-corrected chi connectivity index (χ4v) is 1.44. The summed E-state index contributed by atoms with van der Waals surface area (Å²) < 4.78 is 0. The van der Waals surface area contributed by atoms with Crippen LogP contribution in [-0.2, 0) is 0 Å². The van der Waals surface area contributed by atoms with E-state index < -0.39 is 6.10 Å². The molecule has 1 unspecified atom stereocenters. The van der Waals surface area contributed by atoms with Crippen molar-refractivity contribution in [3.05, 3.63) is 40.3 Å². The van der Waals surface area contributed by atoms with Gasteiger partial charge in [0.05, 0.1) is 5.52 Å². The zero-order valence-electron chi connectivity index (χ0n) is 8.40. The molecule has 0 spiro atoms. The summed E-state index contributed by atoms with van der Waals surface area (Å²) in [6.45, 7) is 1.86. The van der Waals surface area contributed by atoms with Gasteiger partial charge in [0.25, 0.3) is 0 Å². The summed E-state index contributed by atoms with van der Waals surface area (Å²) in [5, 5.41) is 9.59. The second kappa shape index (κ2) is 3.82. The van der Waals surface area contributed by atoms with E-state index in [0.29, 0.717) is 23.3 Å². The number of nitrogens with one attached hydrogen (secondary N) is 1. The number of aliphatic hydroxyl groups is 1. The Labute approximate surface area is 86.6 Å². The van der Waals surface area contributed by atoms with Crippen molar-refractivity contribution in [3.8, 4) is 0 Å². The van der Waals surface area contributed by atoms with Gasteiger partial charge >= 0.3 is 0 Å². The summed E-state index contributed by atoms with van der Waals surface area (Å²) in [6, 6.07) is 6.68. The Morgan fingerprint density at radius 3 is 2.93 bits per heavy atom. The quantitative estimate of drug-likeness (QED) is 0.776. The second-order valence-corrected chi connectivity index (χ2v) is 3.39. The molecule has 0 fully saturated rings. The van der Waals surface area contributed by atoms with Crippen LogP contribution in [0.4, 0.5) is 0 Å². The monoisotopic (exact) mass is 204 g/mol. The molecule has 0 radical (unpaired) electrons. The molecule has 0 saturated carbocycles. The molecule has 0 bridgehead atoms. The van der Waals surface area contributed by atoms with Gasteiger partial charge in [0.2, 0.25) is 5.43 Å². The van der Waals surface area contributed by atoms with Crippen LogP contribution in [0, 0.1) is 0 Å². The van der Waals surface area contributed by atoms with Crippen molar-refractivity contribution in [2.75, 3.05) is 0 Å². The minimum Gasteiger partial charge on any atom is -0.385 e. The van der Waals surface area contributed by atoms with E-state index in [1.165, 1.54) is 6.07 Å². The molecule has 1 heterocycles. The molecule has 0 amide bonds. The summed E-state index contributed by atoms with van der Waals surface area (Å²) in [5.74, 6) is 0.454. The van der Waals surface area contributed by atoms with Gasteiger partial charge in [-0.2, -0.15) is 0 Å². The molecule has 0 aliphatic rings. The predicted octanol–water partition coefficient (Wildman–Crippen LogP) is 1.37. The molecule has 1 aromatic heterocycles. The predicted molar refractivity (Wildman–Crippen MR) is 57.6 cm³/mol. The molecule has 15 heavy (non-hydrogen) atoms. The molecular formula is C11H12N2O2. The molecule has 0 aliphatic carbocycles. The highest BCUT2D eigenvalue weighted by molar-refractivity contribution is 5.73. The number of fused-ring (bicyclic) bond motifs is 1. The number of hydrogen-bond acceptors (Lipinski definition) is 3. The summed E-state index contributed by atoms with van der Waals surface area (Å²) in [7, 11) is 0. The molecule has 78 valence electrons. The number of hydrogen-bond donors (Lipinski definition) is 2. The molecule has 1 aromatic carbocycles. The average molecular weight is 204 g/mol. The lowest BCUT2D eigenvalue weighted by molar-refractivity contribution is 0.165. The first-order valence-corrected chi connectivity index (χ1v) is 4.89. The number of H-pyrrole nitrogens is 1. The van der Waals surface area contributed by atoms with E-state index in [-0.39, 0.29) is 5.43 Å². The van der Waals surface area contributed by atoms with E-state index in [1.54, 1.807) is 18.2 Å². The number of nitrogens with zero attached hydrogens (tertiary/aromatic N) is 1. The van der Waals surface area contributed by atoms with E-state index in [4.69, 9.17) is 0 Å². The maximum atomic E-state index is 11.5. The number of aromatic amines is 1. The third-order valence-electron chi connectivity index (χ3n) is 2.31. The van der Waals surface area contributed by atoms with Gasteiger partial charge in [0.1, 0.15) is 17.4 Å². The highest BCUT2D eigenvalue weighted by Gasteiger charge is 2.10. The van der Waals surface area contributed by atoms with Crippen molar-refractivity contribution in [3.63, 3.8) is 0 Å². The summed E-state index contributed by atoms with van der Waals surface area (Å²) in [5.41, 5.74) is 0.899. The van der Waals surface area contributed by atoms with Crippen molar-refractivity contribution in [1.82, 2.24) is 9.97 Å². The second-order valence-electron chi connectivity index (χ2n) is 3.39. The molecule has 2 rings (SSSR count). The minimum atomic E-state index is -0.637. The first-order valence-electron chi connectivity index (χ1n) is 4.89. The Kier molecular flexibility index (Phi) is 2.51. The third-order valence-corrected chi connectivity index (χ3v) is 2.31. The highest BCUT2D eigenvalue weighted by Crippen LogP contribution is 2.15. The van der Waals surface area contributed by atoms with Crippen molar-refractivity contribution < 1.29 is 5.11 Å². The summed E-state index contributed by atoms with van der Waals surface area (Å²) in [4.78, 5) is 18.6. The molecule has 4 heteroatoms. The topological polar surface area (TPSA) is 66.0 Å². The molecule has 0 aliphatic heterocycles. The van der Waals surface area contributed by atoms with Crippen LogP contribution in [0.2, 0.25) is 0 Å². The number of rotatable bonds is 2. The lowest BCUT2D eigenvalue weighted by Crippen LogP contribution is -1.99. The number of imidazole rings is 1. The van der Waals surface area contributed by atoms with Crippen molar-refractivity contribution in [1.29, 1.82) is 0 Å². The van der Waals surface area contributed by atoms with Crippen LogP contribution in [-0.4, -0.2) is 15.1 Å². The number of aliphatic hydroxyl groups excluding tert-OH is 1. The third kappa shape index (κ3) is 1.76. The first kappa shape index (κ1) is 9.86. The normalized spacial score (nSPS) is 12.9. The van der Waals surface area contributed by atoms with Crippen LogP contribution in [0.25, 0.3) is 11.0 Å². The fourth-order valence-electron chi connectivity index (χ4n) is 1.44. The van der Waals surface area contributed by atoms with Gasteiger partial charge < -0.3 is 10.1 Å². The fraction of sp³-hybridized carbons (Fsp3) is 0.273. The summed E-state index contributed by atoms with van der Waals surface area (Å²) in [6.07, 6.45) is -0.0674. The van der Waals surface area contributed by atoms with E-state index in [9.17, 15) is 9.90 Å². The van der Waals surface area contributed by atoms with Crippen molar-refractivity contribution in [2.24, 2.45) is 0 Å². The van der Waals surface area contributed by atoms with Gasteiger partial charge in [0.15, 0.2) is 0 Å². The van der Waals surface area contributed by atoms with E-state index in [1.807, 2.05) is 6.92 Å². The molecule has 2 N–H and O–H groups in total. The Morgan fingerprint density at radius 1 is 1.47 bits per heavy atom. The molecule has 4 nitrogen and oxygen atoms in total. The highest BCUT2D eigenvalue weighted by atomic mass is 16.3. The SMILES string of the molecule is CCC(O)c1nc2c(=O)ccccc2[nH]1. The van der Waals surface area contributed by atoms with Crippen molar-refractivity contribution >= 4 is 11.0 Å². The Hall–Kier alpha value is -1.68. The van der Waals surface area contributed by atoms with Gasteiger partial charge in [-0.25, -0.2) is 4.98 Å². The van der Waals surface area contributed by atoms with Crippen LogP contribution in [0.3, 0.4) is 0 Å².